The second-order valence-corrected chi connectivity index (χ2v) is 4.80. The van der Waals surface area contributed by atoms with Crippen LogP contribution in [0.15, 0.2) is 0 Å². The van der Waals surface area contributed by atoms with Crippen molar-refractivity contribution in [2.45, 2.75) is 0 Å². The number of carbonyl (C=O) groups is 2. The molecule has 3 nitrogen and oxygen atoms in total. The lowest BCUT2D eigenvalue weighted by atomic mass is 10.5. The highest BCUT2D eigenvalue weighted by Crippen LogP contribution is 2.09. The molecule has 1 heterocycles. The number of hydrogen-bond acceptors (Lipinski definition) is 3. The molecule has 0 aromatic heterocycles. The zero-order valence-corrected chi connectivity index (χ0v) is 11.1. The Hall–Kier alpha value is 0.360. The lowest BCUT2D eigenvalue weighted by Gasteiger charge is -2.25. The molecule has 0 aromatic rings. The third kappa shape index (κ3) is 8.20. The molecule has 1 saturated heterocycles. The summed E-state index contributed by atoms with van der Waals surface area (Å²) in [4.78, 5) is 22.2. The maximum atomic E-state index is 11.0. The van der Waals surface area contributed by atoms with Crippen molar-refractivity contribution in [3.05, 3.63) is 0 Å². The first-order valence-electron chi connectivity index (χ1n) is 4.27. The molecular formula is C8H12Cl3NO2S. The Kier molecular flexibility index (Phi) is 9.81. The standard InChI is InChI=1S/C6H10ClNOS.C2H2Cl2O/c7-5-6(9)8-1-3-10-4-2-8;3-1-2(4)5/h1-5H2;1H2. The molecule has 0 unspecified atom stereocenters. The van der Waals surface area contributed by atoms with Gasteiger partial charge in [0.05, 0.1) is 5.88 Å². The molecule has 7 heteroatoms. The summed E-state index contributed by atoms with van der Waals surface area (Å²) in [6.45, 7) is 1.74. The van der Waals surface area contributed by atoms with E-state index in [4.69, 9.17) is 34.8 Å². The predicted molar refractivity (Wildman–Crippen MR) is 66.2 cm³/mol. The summed E-state index contributed by atoms with van der Waals surface area (Å²) in [6.07, 6.45) is 0. The fourth-order valence-corrected chi connectivity index (χ4v) is 1.97. The minimum Gasteiger partial charge on any atom is -0.340 e. The largest absolute Gasteiger partial charge is 0.340 e. The molecule has 0 aliphatic carbocycles. The van der Waals surface area contributed by atoms with E-state index in [-0.39, 0.29) is 17.7 Å². The summed E-state index contributed by atoms with van der Waals surface area (Å²) < 4.78 is 0. The van der Waals surface area contributed by atoms with Gasteiger partial charge < -0.3 is 4.90 Å². The number of rotatable bonds is 2. The van der Waals surface area contributed by atoms with E-state index in [2.05, 4.69) is 0 Å². The summed E-state index contributed by atoms with van der Waals surface area (Å²) in [5.74, 6) is 2.22. The lowest BCUT2D eigenvalue weighted by Crippen LogP contribution is -2.38. The number of thioether (sulfide) groups is 1. The smallest absolute Gasteiger partial charge is 0.237 e. The highest BCUT2D eigenvalue weighted by molar-refractivity contribution is 7.99. The first-order valence-corrected chi connectivity index (χ1v) is 6.87. The summed E-state index contributed by atoms with van der Waals surface area (Å²) in [5, 5.41) is -0.508. The molecular weight excluding hydrogens is 281 g/mol. The average Bonchev–Trinajstić information content (AvgIpc) is 2.30. The van der Waals surface area contributed by atoms with Crippen LogP contribution < -0.4 is 0 Å². The van der Waals surface area contributed by atoms with Gasteiger partial charge in [0.25, 0.3) is 0 Å². The summed E-state index contributed by atoms with van der Waals surface area (Å²) in [6, 6.07) is 0. The van der Waals surface area contributed by atoms with Crippen molar-refractivity contribution in [3.8, 4) is 0 Å². The summed E-state index contributed by atoms with van der Waals surface area (Å²) in [7, 11) is 0. The van der Waals surface area contributed by atoms with Gasteiger partial charge in [0.1, 0.15) is 5.88 Å². The molecule has 1 amide bonds. The number of nitrogens with zero attached hydrogens (tertiary/aromatic N) is 1. The molecule has 1 aliphatic heterocycles. The van der Waals surface area contributed by atoms with E-state index in [1.807, 2.05) is 16.7 Å². The predicted octanol–water partition coefficient (Wildman–Crippen LogP) is 1.79. The molecule has 88 valence electrons. The number of carbonyl (C=O) groups excluding carboxylic acids is 2. The third-order valence-electron chi connectivity index (χ3n) is 1.58. The minimum atomic E-state index is -0.508. The molecule has 0 spiro atoms. The molecule has 0 saturated carbocycles. The van der Waals surface area contributed by atoms with Crippen molar-refractivity contribution in [1.82, 2.24) is 4.90 Å². The van der Waals surface area contributed by atoms with Gasteiger partial charge in [-0.25, -0.2) is 0 Å². The van der Waals surface area contributed by atoms with Gasteiger partial charge in [0.15, 0.2) is 0 Å². The highest BCUT2D eigenvalue weighted by atomic mass is 35.5. The van der Waals surface area contributed by atoms with E-state index < -0.39 is 5.24 Å². The topological polar surface area (TPSA) is 37.4 Å². The first kappa shape index (κ1) is 15.4. The van der Waals surface area contributed by atoms with Crippen LogP contribution in [0.3, 0.4) is 0 Å². The van der Waals surface area contributed by atoms with Gasteiger partial charge in [-0.1, -0.05) is 0 Å². The lowest BCUT2D eigenvalue weighted by molar-refractivity contribution is -0.128. The molecule has 0 bridgehead atoms. The van der Waals surface area contributed by atoms with Crippen LogP contribution in [0.1, 0.15) is 0 Å². The number of alkyl halides is 2. The quantitative estimate of drug-likeness (QED) is 0.575. The van der Waals surface area contributed by atoms with Gasteiger partial charge in [-0.15, -0.1) is 23.2 Å². The van der Waals surface area contributed by atoms with Crippen molar-refractivity contribution in [1.29, 1.82) is 0 Å². The van der Waals surface area contributed by atoms with Crippen molar-refractivity contribution < 1.29 is 9.59 Å². The number of halogens is 3. The number of hydrogen-bond donors (Lipinski definition) is 0. The highest BCUT2D eigenvalue weighted by Gasteiger charge is 2.14. The van der Waals surface area contributed by atoms with Crippen LogP contribution in [0.2, 0.25) is 0 Å². The zero-order valence-electron chi connectivity index (χ0n) is 8.05. The second-order valence-electron chi connectivity index (χ2n) is 2.62. The van der Waals surface area contributed by atoms with Crippen molar-refractivity contribution in [2.24, 2.45) is 0 Å². The maximum absolute atomic E-state index is 11.0. The van der Waals surface area contributed by atoms with E-state index in [9.17, 15) is 9.59 Å². The fraction of sp³-hybridized carbons (Fsp3) is 0.750. The SMILES string of the molecule is O=C(CCl)N1CCSCC1.O=C(Cl)CCl. The Labute approximate surface area is 108 Å². The monoisotopic (exact) mass is 291 g/mol. The van der Waals surface area contributed by atoms with Gasteiger partial charge >= 0.3 is 0 Å². The van der Waals surface area contributed by atoms with E-state index in [0.717, 1.165) is 24.6 Å². The minimum absolute atomic E-state index is 0.0713. The maximum Gasteiger partial charge on any atom is 0.237 e. The van der Waals surface area contributed by atoms with E-state index in [0.29, 0.717) is 0 Å². The van der Waals surface area contributed by atoms with Crippen LogP contribution >= 0.6 is 46.6 Å². The molecule has 15 heavy (non-hydrogen) atoms. The molecule has 1 aliphatic rings. The van der Waals surface area contributed by atoms with Crippen LogP contribution in [-0.4, -0.2) is 52.4 Å². The van der Waals surface area contributed by atoms with E-state index in [1.54, 1.807) is 0 Å². The van der Waals surface area contributed by atoms with E-state index in [1.165, 1.54) is 0 Å². The van der Waals surface area contributed by atoms with Gasteiger partial charge in [-0.05, 0) is 11.6 Å². The van der Waals surface area contributed by atoms with Gasteiger partial charge in [0.2, 0.25) is 11.1 Å². The molecule has 0 aromatic carbocycles. The van der Waals surface area contributed by atoms with Crippen LogP contribution in [0.25, 0.3) is 0 Å². The first-order chi connectivity index (χ1) is 7.11. The van der Waals surface area contributed by atoms with Gasteiger partial charge in [0, 0.05) is 24.6 Å². The second kappa shape index (κ2) is 9.58. The Bertz CT molecular complexity index is 210. The van der Waals surface area contributed by atoms with Crippen LogP contribution in [0.5, 0.6) is 0 Å². The van der Waals surface area contributed by atoms with Crippen molar-refractivity contribution >= 4 is 57.7 Å². The molecule has 1 fully saturated rings. The normalized spacial score (nSPS) is 15.3. The van der Waals surface area contributed by atoms with Gasteiger partial charge in [-0.3, -0.25) is 9.59 Å². The van der Waals surface area contributed by atoms with Crippen LogP contribution in [-0.2, 0) is 9.59 Å². The third-order valence-corrected chi connectivity index (χ3v) is 3.27. The number of amides is 1. The Morgan fingerprint density at radius 1 is 1.13 bits per heavy atom. The van der Waals surface area contributed by atoms with Crippen molar-refractivity contribution in [2.75, 3.05) is 36.4 Å². The van der Waals surface area contributed by atoms with Crippen molar-refractivity contribution in [3.63, 3.8) is 0 Å². The summed E-state index contributed by atoms with van der Waals surface area (Å²) >= 11 is 16.8. The molecule has 0 radical (unpaired) electrons. The molecule has 0 atom stereocenters. The Morgan fingerprint density at radius 3 is 1.93 bits per heavy atom. The Balaban J connectivity index is 0.000000336. The molecule has 1 rings (SSSR count). The van der Waals surface area contributed by atoms with Crippen LogP contribution in [0.4, 0.5) is 0 Å². The Morgan fingerprint density at radius 2 is 1.60 bits per heavy atom. The van der Waals surface area contributed by atoms with Gasteiger partial charge in [-0.2, -0.15) is 11.8 Å². The van der Waals surface area contributed by atoms with Crippen LogP contribution in [0, 0.1) is 0 Å². The average molecular weight is 293 g/mol. The molecule has 0 N–H and O–H groups in total. The zero-order chi connectivity index (χ0) is 11.7. The van der Waals surface area contributed by atoms with E-state index >= 15 is 0 Å². The summed E-state index contributed by atoms with van der Waals surface area (Å²) in [5.41, 5.74) is 0. The fourth-order valence-electron chi connectivity index (χ4n) is 0.897.